The zero-order chi connectivity index (χ0) is 9.68. The molecule has 0 unspecified atom stereocenters. The van der Waals surface area contributed by atoms with Gasteiger partial charge in [0.05, 0.1) is 9.75 Å². The van der Waals surface area contributed by atoms with Crippen molar-refractivity contribution < 1.29 is 0 Å². The maximum Gasteiger partial charge on any atom is 0.0821 e. The first kappa shape index (κ1) is 10.3. The minimum absolute atomic E-state index is 0.728. The third-order valence-electron chi connectivity index (χ3n) is 1.47. The lowest BCUT2D eigenvalue weighted by Gasteiger charge is -1.87. The highest BCUT2D eigenvalue weighted by molar-refractivity contribution is 7.79. The second-order valence-electron chi connectivity index (χ2n) is 2.37. The van der Waals surface area contributed by atoms with Gasteiger partial charge >= 0.3 is 0 Å². The van der Waals surface area contributed by atoms with E-state index in [2.05, 4.69) is 42.4 Å². The summed E-state index contributed by atoms with van der Waals surface area (Å²) in [6.45, 7) is 3.68. The van der Waals surface area contributed by atoms with Gasteiger partial charge in [-0.3, -0.25) is 0 Å². The van der Waals surface area contributed by atoms with Crippen molar-refractivity contribution in [3.05, 3.63) is 21.4 Å². The monoisotopic (exact) mass is 206 g/mol. The normalized spacial score (nSPS) is 8.23. The SMILES string of the molecule is CC#Cc1cc(CS)c(C#CC)s1. The van der Waals surface area contributed by atoms with E-state index in [0.29, 0.717) is 0 Å². The molecule has 0 nitrogen and oxygen atoms in total. The van der Waals surface area contributed by atoms with Gasteiger partial charge < -0.3 is 0 Å². The maximum absolute atomic E-state index is 4.24. The summed E-state index contributed by atoms with van der Waals surface area (Å²) in [7, 11) is 0. The second-order valence-corrected chi connectivity index (χ2v) is 3.74. The first-order valence-corrected chi connectivity index (χ1v) is 5.35. The second kappa shape index (κ2) is 5.02. The van der Waals surface area contributed by atoms with Crippen molar-refractivity contribution in [2.75, 3.05) is 0 Å². The fourth-order valence-electron chi connectivity index (χ4n) is 0.950. The number of hydrogen-bond donors (Lipinski definition) is 1. The molecule has 1 aromatic heterocycles. The van der Waals surface area contributed by atoms with Crippen LogP contribution >= 0.6 is 24.0 Å². The van der Waals surface area contributed by atoms with Crippen LogP contribution in [0.1, 0.15) is 29.2 Å². The van der Waals surface area contributed by atoms with Crippen LogP contribution in [0.3, 0.4) is 0 Å². The molecule has 13 heavy (non-hydrogen) atoms. The lowest BCUT2D eigenvalue weighted by atomic mass is 10.2. The predicted octanol–water partition coefficient (Wildman–Crippen LogP) is 2.92. The smallest absolute Gasteiger partial charge is 0.0821 e. The van der Waals surface area contributed by atoms with Crippen LogP contribution in [0.15, 0.2) is 6.07 Å². The maximum atomic E-state index is 4.24. The summed E-state index contributed by atoms with van der Waals surface area (Å²) in [6.07, 6.45) is 0. The predicted molar refractivity (Wildman–Crippen MR) is 62.1 cm³/mol. The van der Waals surface area contributed by atoms with Gasteiger partial charge in [-0.1, -0.05) is 11.8 Å². The number of thiol groups is 1. The largest absolute Gasteiger partial charge is 0.174 e. The Morgan fingerprint density at radius 1 is 1.31 bits per heavy atom. The van der Waals surface area contributed by atoms with Gasteiger partial charge in [0.1, 0.15) is 0 Å². The Morgan fingerprint density at radius 3 is 2.54 bits per heavy atom. The molecule has 66 valence electrons. The summed E-state index contributed by atoms with van der Waals surface area (Å²) in [5.41, 5.74) is 1.18. The molecular weight excluding hydrogens is 196 g/mol. The molecule has 0 aliphatic rings. The standard InChI is InChI=1S/C11H10S2/c1-3-5-10-7-9(8-12)11(13-10)6-4-2/h7,12H,8H2,1-2H3. The van der Waals surface area contributed by atoms with E-state index >= 15 is 0 Å². The minimum Gasteiger partial charge on any atom is -0.174 e. The summed E-state index contributed by atoms with van der Waals surface area (Å²) in [5.74, 6) is 12.6. The summed E-state index contributed by atoms with van der Waals surface area (Å²) in [4.78, 5) is 2.17. The number of rotatable bonds is 1. The van der Waals surface area contributed by atoms with Crippen LogP contribution in [0.4, 0.5) is 0 Å². The molecule has 0 atom stereocenters. The quantitative estimate of drug-likeness (QED) is 0.530. The van der Waals surface area contributed by atoms with Gasteiger partial charge in [0.15, 0.2) is 0 Å². The fourth-order valence-corrected chi connectivity index (χ4v) is 2.30. The first-order valence-electron chi connectivity index (χ1n) is 3.91. The zero-order valence-corrected chi connectivity index (χ0v) is 9.35. The average molecular weight is 206 g/mol. The van der Waals surface area contributed by atoms with Crippen molar-refractivity contribution in [1.82, 2.24) is 0 Å². The zero-order valence-electron chi connectivity index (χ0n) is 7.64. The molecule has 1 aromatic rings. The molecule has 0 N–H and O–H groups in total. The molecule has 0 radical (unpaired) electrons. The summed E-state index contributed by atoms with van der Waals surface area (Å²) < 4.78 is 0. The minimum atomic E-state index is 0.728. The van der Waals surface area contributed by atoms with E-state index in [0.717, 1.165) is 15.5 Å². The molecule has 0 spiro atoms. The van der Waals surface area contributed by atoms with Crippen molar-refractivity contribution in [2.24, 2.45) is 0 Å². The van der Waals surface area contributed by atoms with Gasteiger partial charge in [0, 0.05) is 5.75 Å². The highest BCUT2D eigenvalue weighted by Crippen LogP contribution is 2.22. The number of hydrogen-bond acceptors (Lipinski definition) is 2. The Bertz CT molecular complexity index is 405. The number of thiophene rings is 1. The van der Waals surface area contributed by atoms with Crippen LogP contribution in [0.25, 0.3) is 0 Å². The van der Waals surface area contributed by atoms with Gasteiger partial charge in [-0.15, -0.1) is 23.2 Å². The van der Waals surface area contributed by atoms with Gasteiger partial charge in [0.2, 0.25) is 0 Å². The van der Waals surface area contributed by atoms with Crippen LogP contribution in [0.5, 0.6) is 0 Å². The summed E-state index contributed by atoms with van der Waals surface area (Å²) in [5, 5.41) is 0. The van der Waals surface area contributed by atoms with E-state index in [9.17, 15) is 0 Å². The van der Waals surface area contributed by atoms with Gasteiger partial charge in [0.25, 0.3) is 0 Å². The van der Waals surface area contributed by atoms with Crippen LogP contribution in [-0.2, 0) is 5.75 Å². The molecule has 0 aromatic carbocycles. The van der Waals surface area contributed by atoms with Gasteiger partial charge in [-0.05, 0) is 25.5 Å². The van der Waals surface area contributed by atoms with E-state index < -0.39 is 0 Å². The Morgan fingerprint density at radius 2 is 2.00 bits per heavy atom. The highest BCUT2D eigenvalue weighted by atomic mass is 32.1. The molecule has 0 aliphatic heterocycles. The van der Waals surface area contributed by atoms with Crippen molar-refractivity contribution in [1.29, 1.82) is 0 Å². The van der Waals surface area contributed by atoms with Crippen LogP contribution < -0.4 is 0 Å². The molecule has 0 bridgehead atoms. The van der Waals surface area contributed by atoms with Gasteiger partial charge in [-0.25, -0.2) is 0 Å². The van der Waals surface area contributed by atoms with Gasteiger partial charge in [-0.2, -0.15) is 12.6 Å². The third-order valence-corrected chi connectivity index (χ3v) is 2.81. The van der Waals surface area contributed by atoms with Crippen LogP contribution in [-0.4, -0.2) is 0 Å². The Labute approximate surface area is 88.8 Å². The molecule has 0 amide bonds. The molecule has 1 rings (SSSR count). The molecule has 2 heteroatoms. The molecule has 0 saturated carbocycles. The van der Waals surface area contributed by atoms with E-state index in [4.69, 9.17) is 0 Å². The lowest BCUT2D eigenvalue weighted by Crippen LogP contribution is -1.74. The van der Waals surface area contributed by atoms with Crippen LogP contribution in [0.2, 0.25) is 0 Å². The first-order chi connectivity index (χ1) is 6.31. The Hall–Kier alpha value is -0.830. The molecule has 0 aliphatic carbocycles. The van der Waals surface area contributed by atoms with Crippen molar-refractivity contribution in [2.45, 2.75) is 19.6 Å². The average Bonchev–Trinajstić information content (AvgIpc) is 2.49. The molecule has 0 saturated heterocycles. The van der Waals surface area contributed by atoms with E-state index in [1.807, 2.05) is 13.8 Å². The summed E-state index contributed by atoms with van der Waals surface area (Å²) in [6, 6.07) is 2.06. The third kappa shape index (κ3) is 2.56. The van der Waals surface area contributed by atoms with E-state index in [1.54, 1.807) is 11.3 Å². The van der Waals surface area contributed by atoms with Crippen molar-refractivity contribution in [3.63, 3.8) is 0 Å². The van der Waals surface area contributed by atoms with E-state index in [-0.39, 0.29) is 0 Å². The lowest BCUT2D eigenvalue weighted by molar-refractivity contribution is 1.47. The fraction of sp³-hybridized carbons (Fsp3) is 0.273. The molecular formula is C11H10S2. The molecule has 1 heterocycles. The van der Waals surface area contributed by atoms with Crippen LogP contribution in [0, 0.1) is 23.7 Å². The molecule has 0 fully saturated rings. The van der Waals surface area contributed by atoms with E-state index in [1.165, 1.54) is 5.56 Å². The Balaban J connectivity index is 3.13. The van der Waals surface area contributed by atoms with Crippen molar-refractivity contribution in [3.8, 4) is 23.7 Å². The summed E-state index contributed by atoms with van der Waals surface area (Å²) >= 11 is 5.88. The topological polar surface area (TPSA) is 0 Å². The Kier molecular flexibility index (Phi) is 3.96. The van der Waals surface area contributed by atoms with Crippen molar-refractivity contribution >= 4 is 24.0 Å². The highest BCUT2D eigenvalue weighted by Gasteiger charge is 2.03.